The third-order valence-corrected chi connectivity index (χ3v) is 6.60. The van der Waals surface area contributed by atoms with E-state index in [0.29, 0.717) is 52.6 Å². The Labute approximate surface area is 189 Å². The molecular formula is C25H23N3O5. The summed E-state index contributed by atoms with van der Waals surface area (Å²) < 4.78 is 19.8. The van der Waals surface area contributed by atoms with Gasteiger partial charge in [-0.15, -0.1) is 0 Å². The van der Waals surface area contributed by atoms with Crippen LogP contribution in [0.25, 0.3) is 27.5 Å². The first kappa shape index (κ1) is 19.8. The lowest BCUT2D eigenvalue weighted by molar-refractivity contribution is 0.171. The lowest BCUT2D eigenvalue weighted by Gasteiger charge is -2.22. The SMILES string of the molecule is COc1cccc2c1ncc1c(=O)n(-c3ccc4c(c3)OCCO4)c(=O)n(C3CCCC3)c12. The fourth-order valence-corrected chi connectivity index (χ4v) is 5.07. The molecule has 1 aliphatic heterocycles. The molecule has 0 atom stereocenters. The van der Waals surface area contributed by atoms with Crippen LogP contribution in [0.2, 0.25) is 0 Å². The Hall–Kier alpha value is -3.81. The second-order valence-electron chi connectivity index (χ2n) is 8.44. The molecule has 1 aliphatic carbocycles. The number of hydrogen-bond donors (Lipinski definition) is 0. The number of pyridine rings is 1. The van der Waals surface area contributed by atoms with Crippen LogP contribution in [0.3, 0.4) is 0 Å². The summed E-state index contributed by atoms with van der Waals surface area (Å²) in [5, 5.41) is 1.14. The molecule has 168 valence electrons. The van der Waals surface area contributed by atoms with Gasteiger partial charge in [0.25, 0.3) is 5.56 Å². The first-order valence-corrected chi connectivity index (χ1v) is 11.2. The number of aromatic nitrogens is 3. The van der Waals surface area contributed by atoms with Crippen molar-refractivity contribution in [3.05, 3.63) is 63.4 Å². The molecule has 2 aliphatic rings. The van der Waals surface area contributed by atoms with E-state index < -0.39 is 5.56 Å². The number of hydrogen-bond acceptors (Lipinski definition) is 6. The van der Waals surface area contributed by atoms with Gasteiger partial charge in [0.1, 0.15) is 24.5 Å². The summed E-state index contributed by atoms with van der Waals surface area (Å²) >= 11 is 0. The van der Waals surface area contributed by atoms with Crippen LogP contribution < -0.4 is 25.5 Å². The van der Waals surface area contributed by atoms with E-state index in [9.17, 15) is 9.59 Å². The molecule has 8 nitrogen and oxygen atoms in total. The molecule has 2 aromatic heterocycles. The van der Waals surface area contributed by atoms with Gasteiger partial charge in [-0.1, -0.05) is 25.0 Å². The monoisotopic (exact) mass is 445 g/mol. The minimum atomic E-state index is -0.404. The van der Waals surface area contributed by atoms with Gasteiger partial charge in [-0.25, -0.2) is 9.36 Å². The Kier molecular flexibility index (Phi) is 4.60. The summed E-state index contributed by atoms with van der Waals surface area (Å²) in [6, 6.07) is 10.8. The molecule has 0 unspecified atom stereocenters. The van der Waals surface area contributed by atoms with E-state index in [-0.39, 0.29) is 11.7 Å². The lowest BCUT2D eigenvalue weighted by Crippen LogP contribution is -2.40. The van der Waals surface area contributed by atoms with Crippen LogP contribution in [0.4, 0.5) is 0 Å². The first-order chi connectivity index (χ1) is 16.2. The zero-order chi connectivity index (χ0) is 22.5. The van der Waals surface area contributed by atoms with Crippen LogP contribution in [0.1, 0.15) is 31.7 Å². The minimum absolute atomic E-state index is 0.0147. The Morgan fingerprint density at radius 1 is 1.00 bits per heavy atom. The Balaban J connectivity index is 1.72. The molecule has 1 fully saturated rings. The molecule has 0 radical (unpaired) electrons. The van der Waals surface area contributed by atoms with Crippen LogP contribution in [0, 0.1) is 0 Å². The van der Waals surface area contributed by atoms with E-state index in [0.717, 1.165) is 31.1 Å². The highest BCUT2D eigenvalue weighted by atomic mass is 16.6. The number of rotatable bonds is 3. The topological polar surface area (TPSA) is 84.6 Å². The summed E-state index contributed by atoms with van der Waals surface area (Å²) in [4.78, 5) is 32.2. The Morgan fingerprint density at radius 3 is 2.58 bits per heavy atom. The predicted molar refractivity (Wildman–Crippen MR) is 124 cm³/mol. The molecule has 0 saturated heterocycles. The van der Waals surface area contributed by atoms with Crippen LogP contribution >= 0.6 is 0 Å². The maximum absolute atomic E-state index is 14.0. The van der Waals surface area contributed by atoms with Crippen molar-refractivity contribution in [2.75, 3.05) is 20.3 Å². The van der Waals surface area contributed by atoms with Crippen molar-refractivity contribution in [3.63, 3.8) is 0 Å². The maximum atomic E-state index is 14.0. The molecule has 3 heterocycles. The van der Waals surface area contributed by atoms with Gasteiger partial charge < -0.3 is 14.2 Å². The zero-order valence-corrected chi connectivity index (χ0v) is 18.2. The molecule has 0 spiro atoms. The number of methoxy groups -OCH3 is 1. The molecular weight excluding hydrogens is 422 g/mol. The van der Waals surface area contributed by atoms with E-state index in [4.69, 9.17) is 14.2 Å². The second kappa shape index (κ2) is 7.65. The standard InChI is InChI=1S/C25H23N3O5/c1-31-20-8-4-7-17-22(20)26-14-18-23(17)27(15-5-2-3-6-15)25(30)28(24(18)29)16-9-10-19-21(13-16)33-12-11-32-19/h4,7-10,13-15H,2-3,5-6,11-12H2,1H3. The molecule has 0 amide bonds. The van der Waals surface area contributed by atoms with Gasteiger partial charge in [0.05, 0.1) is 23.7 Å². The van der Waals surface area contributed by atoms with E-state index >= 15 is 0 Å². The number of ether oxygens (including phenoxy) is 3. The minimum Gasteiger partial charge on any atom is -0.494 e. The van der Waals surface area contributed by atoms with E-state index in [1.165, 1.54) is 4.57 Å². The predicted octanol–water partition coefficient (Wildman–Crippen LogP) is 3.60. The molecule has 33 heavy (non-hydrogen) atoms. The second-order valence-corrected chi connectivity index (χ2v) is 8.44. The van der Waals surface area contributed by atoms with Gasteiger partial charge in [-0.05, 0) is 31.0 Å². The molecule has 8 heteroatoms. The number of fused-ring (bicyclic) bond motifs is 4. The van der Waals surface area contributed by atoms with Gasteiger partial charge in [-0.3, -0.25) is 14.3 Å². The molecule has 6 rings (SSSR count). The van der Waals surface area contributed by atoms with Crippen LogP contribution in [0.5, 0.6) is 17.2 Å². The lowest BCUT2D eigenvalue weighted by atomic mass is 10.1. The first-order valence-electron chi connectivity index (χ1n) is 11.2. The van der Waals surface area contributed by atoms with Crippen LogP contribution in [0.15, 0.2) is 52.2 Å². The Morgan fingerprint density at radius 2 is 1.79 bits per heavy atom. The van der Waals surface area contributed by atoms with Gasteiger partial charge in [0, 0.05) is 23.7 Å². The van der Waals surface area contributed by atoms with Crippen molar-refractivity contribution in [3.8, 4) is 22.9 Å². The average molecular weight is 445 g/mol. The number of benzene rings is 2. The van der Waals surface area contributed by atoms with E-state index in [2.05, 4.69) is 4.98 Å². The van der Waals surface area contributed by atoms with E-state index in [1.807, 2.05) is 18.2 Å². The highest BCUT2D eigenvalue weighted by Crippen LogP contribution is 2.35. The van der Waals surface area contributed by atoms with Gasteiger partial charge in [-0.2, -0.15) is 0 Å². The van der Waals surface area contributed by atoms with Crippen molar-refractivity contribution < 1.29 is 14.2 Å². The largest absolute Gasteiger partial charge is 0.494 e. The van der Waals surface area contributed by atoms with Crippen LogP contribution in [-0.2, 0) is 0 Å². The third kappa shape index (κ3) is 3.01. The van der Waals surface area contributed by atoms with E-state index in [1.54, 1.807) is 36.1 Å². The molecule has 2 aromatic carbocycles. The van der Waals surface area contributed by atoms with Crippen molar-refractivity contribution in [1.29, 1.82) is 0 Å². The zero-order valence-electron chi connectivity index (χ0n) is 18.2. The summed E-state index contributed by atoms with van der Waals surface area (Å²) in [5.41, 5.74) is 0.947. The quantitative estimate of drug-likeness (QED) is 0.448. The maximum Gasteiger partial charge on any atom is 0.336 e. The van der Waals surface area contributed by atoms with Crippen molar-refractivity contribution >= 4 is 21.8 Å². The fourth-order valence-electron chi connectivity index (χ4n) is 5.07. The van der Waals surface area contributed by atoms with Crippen molar-refractivity contribution in [2.24, 2.45) is 0 Å². The summed E-state index contributed by atoms with van der Waals surface area (Å²) in [6.45, 7) is 0.895. The smallest absolute Gasteiger partial charge is 0.336 e. The normalized spacial score (nSPS) is 15.9. The Bertz CT molecular complexity index is 1520. The molecule has 4 aromatic rings. The molecule has 0 N–H and O–H groups in total. The van der Waals surface area contributed by atoms with Crippen molar-refractivity contribution in [1.82, 2.24) is 14.1 Å². The highest BCUT2D eigenvalue weighted by molar-refractivity contribution is 6.05. The van der Waals surface area contributed by atoms with Crippen LogP contribution in [-0.4, -0.2) is 34.4 Å². The fraction of sp³-hybridized carbons (Fsp3) is 0.320. The summed E-state index contributed by atoms with van der Waals surface area (Å²) in [6.07, 6.45) is 5.44. The summed E-state index contributed by atoms with van der Waals surface area (Å²) in [5.74, 6) is 1.74. The number of para-hydroxylation sites is 1. The van der Waals surface area contributed by atoms with Gasteiger partial charge in [0.15, 0.2) is 11.5 Å². The molecule has 1 saturated carbocycles. The van der Waals surface area contributed by atoms with Gasteiger partial charge >= 0.3 is 5.69 Å². The number of nitrogens with zero attached hydrogens (tertiary/aromatic N) is 3. The third-order valence-electron chi connectivity index (χ3n) is 6.60. The average Bonchev–Trinajstić information content (AvgIpc) is 3.38. The molecule has 0 bridgehead atoms. The van der Waals surface area contributed by atoms with Crippen molar-refractivity contribution in [2.45, 2.75) is 31.7 Å². The van der Waals surface area contributed by atoms with Gasteiger partial charge in [0.2, 0.25) is 0 Å². The summed E-state index contributed by atoms with van der Waals surface area (Å²) in [7, 11) is 1.59. The highest BCUT2D eigenvalue weighted by Gasteiger charge is 2.26.